The molecule has 1 aliphatic heterocycles. The molecule has 5 unspecified atom stereocenters. The van der Waals surface area contributed by atoms with E-state index < -0.39 is 67.0 Å². The number of carbonyl (C=O) groups excluding carboxylic acids is 5. The highest BCUT2D eigenvalue weighted by Gasteiger charge is 2.52. The van der Waals surface area contributed by atoms with Gasteiger partial charge in [-0.05, 0) is 28.1 Å². The summed E-state index contributed by atoms with van der Waals surface area (Å²) in [5.74, 6) is -3.87. The van der Waals surface area contributed by atoms with Crippen LogP contribution in [-0.4, -0.2) is 67.0 Å². The maximum Gasteiger partial charge on any atom is 0.376 e. The SMILES string of the molecule is CC(=O)NC1C(OC(=O)c2ccc(Br)o2)OC(COC(C)=O)C(OC(C)=O)C1OC(C)=O. The molecule has 1 aromatic heterocycles. The van der Waals surface area contributed by atoms with E-state index in [4.69, 9.17) is 28.1 Å². The summed E-state index contributed by atoms with van der Waals surface area (Å²) in [6, 6.07) is 1.53. The summed E-state index contributed by atoms with van der Waals surface area (Å²) in [5.41, 5.74) is 0. The molecule has 2 heterocycles. The van der Waals surface area contributed by atoms with Crippen LogP contribution in [0.5, 0.6) is 0 Å². The minimum Gasteiger partial charge on any atom is -0.463 e. The Bertz CT molecular complexity index is 882. The van der Waals surface area contributed by atoms with Crippen molar-refractivity contribution in [2.75, 3.05) is 6.61 Å². The Kier molecular flexibility index (Phi) is 8.78. The Morgan fingerprint density at radius 1 is 0.938 bits per heavy atom. The lowest BCUT2D eigenvalue weighted by atomic mass is 9.96. The second kappa shape index (κ2) is 11.1. The van der Waals surface area contributed by atoms with Crippen LogP contribution in [0.4, 0.5) is 0 Å². The van der Waals surface area contributed by atoms with Crippen molar-refractivity contribution >= 4 is 45.7 Å². The molecule has 32 heavy (non-hydrogen) atoms. The van der Waals surface area contributed by atoms with Crippen LogP contribution in [0.3, 0.4) is 0 Å². The fourth-order valence-electron chi connectivity index (χ4n) is 2.98. The monoisotopic (exact) mass is 519 g/mol. The maximum absolute atomic E-state index is 12.5. The van der Waals surface area contributed by atoms with E-state index in [0.29, 0.717) is 0 Å². The summed E-state index contributed by atoms with van der Waals surface area (Å²) < 4.78 is 32.0. The smallest absolute Gasteiger partial charge is 0.376 e. The Morgan fingerprint density at radius 3 is 2.06 bits per heavy atom. The maximum atomic E-state index is 12.5. The fraction of sp³-hybridized carbons (Fsp3) is 0.526. The quantitative estimate of drug-likeness (QED) is 0.402. The molecule has 12 nitrogen and oxygen atoms in total. The van der Waals surface area contributed by atoms with Gasteiger partial charge in [-0.15, -0.1) is 0 Å². The summed E-state index contributed by atoms with van der Waals surface area (Å²) in [6.45, 7) is 4.13. The largest absolute Gasteiger partial charge is 0.463 e. The second-order valence-electron chi connectivity index (χ2n) is 6.73. The predicted molar refractivity (Wildman–Crippen MR) is 106 cm³/mol. The number of ether oxygens (including phenoxy) is 5. The Labute approximate surface area is 190 Å². The number of rotatable bonds is 7. The molecule has 0 radical (unpaired) electrons. The zero-order chi connectivity index (χ0) is 24.0. The van der Waals surface area contributed by atoms with E-state index >= 15 is 0 Å². The molecule has 2 rings (SSSR count). The zero-order valence-corrected chi connectivity index (χ0v) is 19.2. The first kappa shape index (κ1) is 25.3. The van der Waals surface area contributed by atoms with E-state index in [1.807, 2.05) is 0 Å². The first-order chi connectivity index (χ1) is 15.0. The summed E-state index contributed by atoms with van der Waals surface area (Å²) >= 11 is 3.06. The number of amides is 1. The highest BCUT2D eigenvalue weighted by molar-refractivity contribution is 9.10. The first-order valence-electron chi connectivity index (χ1n) is 9.34. The molecular weight excluding hydrogens is 498 g/mol. The van der Waals surface area contributed by atoms with Gasteiger partial charge in [-0.1, -0.05) is 0 Å². The molecule has 0 spiro atoms. The Balaban J connectivity index is 2.42. The van der Waals surface area contributed by atoms with Crippen molar-refractivity contribution in [3.8, 4) is 0 Å². The first-order valence-corrected chi connectivity index (χ1v) is 10.1. The van der Waals surface area contributed by atoms with E-state index in [2.05, 4.69) is 21.2 Å². The molecular formula is C19H22BrNO11. The van der Waals surface area contributed by atoms with Crippen molar-refractivity contribution in [2.45, 2.75) is 58.3 Å². The molecule has 176 valence electrons. The van der Waals surface area contributed by atoms with Crippen molar-refractivity contribution in [3.63, 3.8) is 0 Å². The topological polar surface area (TPSA) is 157 Å². The normalized spacial score (nSPS) is 24.7. The molecule has 0 aliphatic carbocycles. The van der Waals surface area contributed by atoms with Gasteiger partial charge in [-0.2, -0.15) is 0 Å². The molecule has 13 heteroatoms. The summed E-state index contributed by atoms with van der Waals surface area (Å²) in [5, 5.41) is 2.48. The van der Waals surface area contributed by atoms with Gasteiger partial charge < -0.3 is 33.4 Å². The number of halogens is 1. The predicted octanol–water partition coefficient (Wildman–Crippen LogP) is 0.855. The van der Waals surface area contributed by atoms with E-state index in [9.17, 15) is 24.0 Å². The molecule has 0 bridgehead atoms. The van der Waals surface area contributed by atoms with Crippen molar-refractivity contribution in [3.05, 3.63) is 22.6 Å². The molecule has 5 atom stereocenters. The number of esters is 4. The third kappa shape index (κ3) is 7.05. The molecule has 1 aliphatic rings. The van der Waals surface area contributed by atoms with Crippen molar-refractivity contribution in [1.29, 1.82) is 0 Å². The number of hydrogen-bond donors (Lipinski definition) is 1. The van der Waals surface area contributed by atoms with E-state index in [1.165, 1.54) is 19.1 Å². The van der Waals surface area contributed by atoms with Crippen LogP contribution in [0.2, 0.25) is 0 Å². The second-order valence-corrected chi connectivity index (χ2v) is 7.51. The molecule has 1 N–H and O–H groups in total. The molecule has 1 fully saturated rings. The lowest BCUT2D eigenvalue weighted by Crippen LogP contribution is -2.66. The van der Waals surface area contributed by atoms with Gasteiger partial charge >= 0.3 is 23.9 Å². The fourth-order valence-corrected chi connectivity index (χ4v) is 3.29. The van der Waals surface area contributed by atoms with Crippen LogP contribution in [0.15, 0.2) is 21.2 Å². The van der Waals surface area contributed by atoms with Crippen LogP contribution in [0.1, 0.15) is 38.2 Å². The average Bonchev–Trinajstić information content (AvgIpc) is 3.10. The molecule has 0 aromatic carbocycles. The van der Waals surface area contributed by atoms with E-state index in [-0.39, 0.29) is 10.4 Å². The third-order valence-electron chi connectivity index (χ3n) is 4.07. The van der Waals surface area contributed by atoms with E-state index in [0.717, 1.165) is 20.8 Å². The number of nitrogens with one attached hydrogen (secondary N) is 1. The van der Waals surface area contributed by atoms with Crippen LogP contribution in [0.25, 0.3) is 0 Å². The molecule has 1 aromatic rings. The van der Waals surface area contributed by atoms with Crippen molar-refractivity contribution < 1.29 is 52.1 Å². The van der Waals surface area contributed by atoms with Gasteiger partial charge in [0.2, 0.25) is 18.0 Å². The Hall–Kier alpha value is -2.93. The standard InChI is InChI=1S/C19H22BrNO11/c1-8(22)21-15-17(29-11(4)25)16(28-10(3)24)13(7-27-9(2)23)31-19(15)32-18(26)12-5-6-14(20)30-12/h5-6,13,15-17,19H,7H2,1-4H3,(H,21,22). The highest BCUT2D eigenvalue weighted by Crippen LogP contribution is 2.29. The third-order valence-corrected chi connectivity index (χ3v) is 4.49. The van der Waals surface area contributed by atoms with Gasteiger partial charge in [0.25, 0.3) is 0 Å². The summed E-state index contributed by atoms with van der Waals surface area (Å²) in [6.07, 6.45) is -5.35. The highest BCUT2D eigenvalue weighted by atomic mass is 79.9. The van der Waals surface area contributed by atoms with Gasteiger partial charge in [0.05, 0.1) is 0 Å². The van der Waals surface area contributed by atoms with Crippen LogP contribution in [0, 0.1) is 0 Å². The summed E-state index contributed by atoms with van der Waals surface area (Å²) in [4.78, 5) is 59.1. The molecule has 0 saturated carbocycles. The van der Waals surface area contributed by atoms with Crippen molar-refractivity contribution in [1.82, 2.24) is 5.32 Å². The van der Waals surface area contributed by atoms with Crippen LogP contribution in [-0.2, 0) is 42.9 Å². The summed E-state index contributed by atoms with van der Waals surface area (Å²) in [7, 11) is 0. The number of hydrogen-bond acceptors (Lipinski definition) is 11. The lowest BCUT2D eigenvalue weighted by molar-refractivity contribution is -0.264. The zero-order valence-electron chi connectivity index (χ0n) is 17.6. The van der Waals surface area contributed by atoms with Crippen molar-refractivity contribution in [2.24, 2.45) is 0 Å². The van der Waals surface area contributed by atoms with Crippen LogP contribution < -0.4 is 5.32 Å². The van der Waals surface area contributed by atoms with Gasteiger partial charge in [-0.3, -0.25) is 19.2 Å². The van der Waals surface area contributed by atoms with Gasteiger partial charge in [0, 0.05) is 27.7 Å². The van der Waals surface area contributed by atoms with Gasteiger partial charge in [-0.25, -0.2) is 4.79 Å². The van der Waals surface area contributed by atoms with Crippen LogP contribution >= 0.6 is 15.9 Å². The number of furan rings is 1. The molecule has 1 amide bonds. The van der Waals surface area contributed by atoms with Gasteiger partial charge in [0.15, 0.2) is 16.9 Å². The Morgan fingerprint density at radius 2 is 1.56 bits per heavy atom. The lowest BCUT2D eigenvalue weighted by Gasteiger charge is -2.44. The minimum absolute atomic E-state index is 0.176. The average molecular weight is 520 g/mol. The molecule has 1 saturated heterocycles. The van der Waals surface area contributed by atoms with E-state index in [1.54, 1.807) is 0 Å². The minimum atomic E-state index is -1.52. The van der Waals surface area contributed by atoms with Gasteiger partial charge in [0.1, 0.15) is 18.8 Å². The number of carbonyl (C=O) groups is 5.